The number of rotatable bonds is 2. The maximum atomic E-state index is 13.2. The molecule has 3 amide bonds. The van der Waals surface area contributed by atoms with Gasteiger partial charge in [0.1, 0.15) is 6.04 Å². The fraction of sp³-hybridized carbons (Fsp3) is 0.850. The lowest BCUT2D eigenvalue weighted by molar-refractivity contribution is -0.154. The molecule has 5 nitrogen and oxygen atoms in total. The SMILES string of the molecule is C[C@H](C(=O)N1CCC[C@@H]2CCCC[C@@H]21)N1C(=O)[C@@H]2CCCC[C@H]2C1=O. The van der Waals surface area contributed by atoms with Crippen LogP contribution in [-0.2, 0) is 14.4 Å². The van der Waals surface area contributed by atoms with Crippen molar-refractivity contribution in [2.24, 2.45) is 17.8 Å². The first-order valence-corrected chi connectivity index (χ1v) is 10.3. The molecule has 2 saturated heterocycles. The molecule has 2 aliphatic heterocycles. The Morgan fingerprint density at radius 1 is 0.880 bits per heavy atom. The highest BCUT2D eigenvalue weighted by Gasteiger charge is 2.51. The minimum Gasteiger partial charge on any atom is -0.338 e. The van der Waals surface area contributed by atoms with Crippen molar-refractivity contribution < 1.29 is 14.4 Å². The molecular weight excluding hydrogens is 316 g/mol. The lowest BCUT2D eigenvalue weighted by Crippen LogP contribution is -2.56. The van der Waals surface area contributed by atoms with Crippen molar-refractivity contribution in [1.82, 2.24) is 9.80 Å². The van der Waals surface area contributed by atoms with Crippen molar-refractivity contribution in [2.75, 3.05) is 6.54 Å². The summed E-state index contributed by atoms with van der Waals surface area (Å²) in [5.74, 6) is 0.101. The Bertz CT molecular complexity index is 549. The first-order chi connectivity index (χ1) is 12.1. The largest absolute Gasteiger partial charge is 0.338 e. The van der Waals surface area contributed by atoms with Gasteiger partial charge in [0, 0.05) is 12.6 Å². The molecule has 0 radical (unpaired) electrons. The van der Waals surface area contributed by atoms with Gasteiger partial charge in [-0.2, -0.15) is 0 Å². The number of nitrogens with zero attached hydrogens (tertiary/aromatic N) is 2. The van der Waals surface area contributed by atoms with Gasteiger partial charge in [0.2, 0.25) is 17.7 Å². The van der Waals surface area contributed by atoms with E-state index in [9.17, 15) is 14.4 Å². The number of piperidine rings is 1. The number of hydrogen-bond acceptors (Lipinski definition) is 3. The van der Waals surface area contributed by atoms with E-state index in [0.717, 1.165) is 45.1 Å². The summed E-state index contributed by atoms with van der Waals surface area (Å²) in [5, 5.41) is 0. The van der Waals surface area contributed by atoms with Crippen molar-refractivity contribution in [1.29, 1.82) is 0 Å². The number of hydrogen-bond donors (Lipinski definition) is 0. The molecule has 0 aromatic rings. The molecule has 25 heavy (non-hydrogen) atoms. The zero-order valence-electron chi connectivity index (χ0n) is 15.3. The summed E-state index contributed by atoms with van der Waals surface area (Å²) in [6, 6.07) is -0.307. The van der Waals surface area contributed by atoms with Gasteiger partial charge in [0.15, 0.2) is 0 Å². The Morgan fingerprint density at radius 2 is 1.44 bits per heavy atom. The van der Waals surface area contributed by atoms with E-state index >= 15 is 0 Å². The van der Waals surface area contributed by atoms with Crippen molar-refractivity contribution >= 4 is 17.7 Å². The fourth-order valence-electron chi connectivity index (χ4n) is 5.82. The molecule has 4 rings (SSSR count). The molecule has 0 unspecified atom stereocenters. The summed E-state index contributed by atoms with van der Waals surface area (Å²) in [7, 11) is 0. The molecule has 2 heterocycles. The van der Waals surface area contributed by atoms with Crippen LogP contribution >= 0.6 is 0 Å². The van der Waals surface area contributed by atoms with Crippen LogP contribution in [0.4, 0.5) is 0 Å². The van der Waals surface area contributed by atoms with E-state index in [4.69, 9.17) is 0 Å². The molecule has 0 spiro atoms. The van der Waals surface area contributed by atoms with Gasteiger partial charge in [0.25, 0.3) is 0 Å². The third-order valence-electron chi connectivity index (χ3n) is 7.15. The third-order valence-corrected chi connectivity index (χ3v) is 7.15. The molecule has 0 aromatic carbocycles. The molecule has 5 heteroatoms. The van der Waals surface area contributed by atoms with E-state index in [1.807, 2.05) is 4.90 Å². The standard InChI is InChI=1S/C20H30N2O3/c1-13(22-19(24)15-9-3-4-10-16(15)20(22)25)18(23)21-12-6-8-14-7-2-5-11-17(14)21/h13-17H,2-12H2,1H3/t13-,14+,15-,16-,17+/m1/s1. The van der Waals surface area contributed by atoms with Crippen LogP contribution in [0.15, 0.2) is 0 Å². The minimum atomic E-state index is -0.633. The predicted octanol–water partition coefficient (Wildman–Crippen LogP) is 2.73. The molecule has 0 N–H and O–H groups in total. The third kappa shape index (κ3) is 2.80. The highest BCUT2D eigenvalue weighted by molar-refractivity contribution is 6.08. The maximum absolute atomic E-state index is 13.2. The zero-order chi connectivity index (χ0) is 17.6. The number of carbonyl (C=O) groups is 3. The summed E-state index contributed by atoms with van der Waals surface area (Å²) < 4.78 is 0. The highest BCUT2D eigenvalue weighted by Crippen LogP contribution is 2.40. The van der Waals surface area contributed by atoms with Crippen molar-refractivity contribution in [3.63, 3.8) is 0 Å². The van der Waals surface area contributed by atoms with Gasteiger partial charge in [-0.1, -0.05) is 25.7 Å². The summed E-state index contributed by atoms with van der Waals surface area (Å²) >= 11 is 0. The van der Waals surface area contributed by atoms with E-state index in [1.165, 1.54) is 30.6 Å². The lowest BCUT2D eigenvalue weighted by atomic mass is 9.78. The molecule has 0 aromatic heterocycles. The molecular formula is C20H30N2O3. The maximum Gasteiger partial charge on any atom is 0.245 e. The Kier molecular flexibility index (Phi) is 4.59. The van der Waals surface area contributed by atoms with E-state index in [0.29, 0.717) is 12.0 Å². The topological polar surface area (TPSA) is 57.7 Å². The number of imide groups is 1. The van der Waals surface area contributed by atoms with Crippen LogP contribution in [0.3, 0.4) is 0 Å². The van der Waals surface area contributed by atoms with E-state index < -0.39 is 6.04 Å². The Hall–Kier alpha value is -1.39. The zero-order valence-corrected chi connectivity index (χ0v) is 15.3. The smallest absolute Gasteiger partial charge is 0.245 e. The Morgan fingerprint density at radius 3 is 2.12 bits per heavy atom. The van der Waals surface area contributed by atoms with E-state index in [2.05, 4.69) is 0 Å². The number of likely N-dealkylation sites (tertiary alicyclic amines) is 2. The van der Waals surface area contributed by atoms with Gasteiger partial charge in [-0.3, -0.25) is 19.3 Å². The van der Waals surface area contributed by atoms with Gasteiger partial charge >= 0.3 is 0 Å². The summed E-state index contributed by atoms with van der Waals surface area (Å²) in [5.41, 5.74) is 0. The van der Waals surface area contributed by atoms with Crippen LogP contribution in [0.25, 0.3) is 0 Å². The number of amides is 3. The summed E-state index contributed by atoms with van der Waals surface area (Å²) in [4.78, 5) is 42.2. The predicted molar refractivity (Wildman–Crippen MR) is 93.5 cm³/mol. The van der Waals surface area contributed by atoms with Crippen LogP contribution in [0.5, 0.6) is 0 Å². The Balaban J connectivity index is 1.51. The van der Waals surface area contributed by atoms with Gasteiger partial charge in [-0.25, -0.2) is 0 Å². The monoisotopic (exact) mass is 346 g/mol. The van der Waals surface area contributed by atoms with Crippen molar-refractivity contribution in [3.05, 3.63) is 0 Å². The molecule has 4 fully saturated rings. The molecule has 0 bridgehead atoms. The average Bonchev–Trinajstić information content (AvgIpc) is 2.91. The molecule has 138 valence electrons. The molecule has 4 aliphatic rings. The number of carbonyl (C=O) groups excluding carboxylic acids is 3. The van der Waals surface area contributed by atoms with Crippen LogP contribution in [-0.4, -0.2) is 46.1 Å². The van der Waals surface area contributed by atoms with E-state index in [1.54, 1.807) is 6.92 Å². The normalized spacial score (nSPS) is 36.8. The molecule has 2 aliphatic carbocycles. The van der Waals surface area contributed by atoms with Crippen molar-refractivity contribution in [2.45, 2.75) is 83.2 Å². The van der Waals surface area contributed by atoms with Crippen LogP contribution in [0.2, 0.25) is 0 Å². The van der Waals surface area contributed by atoms with Crippen molar-refractivity contribution in [3.8, 4) is 0 Å². The van der Waals surface area contributed by atoms with Crippen LogP contribution in [0, 0.1) is 17.8 Å². The van der Waals surface area contributed by atoms with Gasteiger partial charge in [-0.05, 0) is 51.4 Å². The lowest BCUT2D eigenvalue weighted by Gasteiger charge is -2.45. The van der Waals surface area contributed by atoms with Gasteiger partial charge in [-0.15, -0.1) is 0 Å². The second-order valence-electron chi connectivity index (χ2n) is 8.51. The van der Waals surface area contributed by atoms with Crippen LogP contribution in [0.1, 0.15) is 71.1 Å². The number of fused-ring (bicyclic) bond motifs is 2. The summed E-state index contributed by atoms with van der Waals surface area (Å²) in [6.45, 7) is 2.55. The minimum absolute atomic E-state index is 0.00283. The second-order valence-corrected chi connectivity index (χ2v) is 8.51. The van der Waals surface area contributed by atoms with Gasteiger partial charge < -0.3 is 4.90 Å². The highest BCUT2D eigenvalue weighted by atomic mass is 16.2. The first kappa shape index (κ1) is 17.0. The summed E-state index contributed by atoms with van der Waals surface area (Å²) in [6.07, 6.45) is 10.7. The fourth-order valence-corrected chi connectivity index (χ4v) is 5.82. The first-order valence-electron chi connectivity index (χ1n) is 10.3. The van der Waals surface area contributed by atoms with Crippen LogP contribution < -0.4 is 0 Å². The van der Waals surface area contributed by atoms with Gasteiger partial charge in [0.05, 0.1) is 11.8 Å². The quantitative estimate of drug-likeness (QED) is 0.723. The molecule has 5 atom stereocenters. The Labute approximate surface area is 150 Å². The van der Waals surface area contributed by atoms with E-state index in [-0.39, 0.29) is 29.6 Å². The average molecular weight is 346 g/mol. The second kappa shape index (κ2) is 6.73. The molecule has 2 saturated carbocycles.